The minimum Gasteiger partial charge on any atom is -0.469 e. The lowest BCUT2D eigenvalue weighted by atomic mass is 10.2. The molecule has 11 rings (SSSR count). The Balaban J connectivity index is 0.000000435. The van der Waals surface area contributed by atoms with Crippen LogP contribution in [0.3, 0.4) is 0 Å². The van der Waals surface area contributed by atoms with Gasteiger partial charge in [0.1, 0.15) is 5.76 Å². The number of amides is 1. The molecule has 0 aromatic carbocycles. The van der Waals surface area contributed by atoms with Gasteiger partial charge < -0.3 is 38.7 Å². The largest absolute Gasteiger partial charge is 0.469 e. The van der Waals surface area contributed by atoms with Gasteiger partial charge in [0.25, 0.3) is 0 Å². The molecule has 11 heterocycles. The number of aryl methyl sites for hydroxylation is 6. The number of imidazole rings is 2. The number of aliphatic imine (C=N–C) groups is 1. The first-order valence-corrected chi connectivity index (χ1v) is 29.6. The summed E-state index contributed by atoms with van der Waals surface area (Å²) in [7, 11) is 0. The summed E-state index contributed by atoms with van der Waals surface area (Å²) in [6.45, 7) is 37.6. The number of furan rings is 1. The molecule has 5 aliphatic rings. The fourth-order valence-electron chi connectivity index (χ4n) is 8.18. The monoisotopic (exact) mass is 1090 g/mol. The maximum Gasteiger partial charge on any atom is 0.222 e. The number of H-pyrrole nitrogens is 1. The van der Waals surface area contributed by atoms with Crippen LogP contribution in [-0.4, -0.2) is 139 Å². The van der Waals surface area contributed by atoms with E-state index in [-0.39, 0.29) is 0 Å². The van der Waals surface area contributed by atoms with Gasteiger partial charge in [-0.2, -0.15) is 0 Å². The van der Waals surface area contributed by atoms with Gasteiger partial charge in [0.2, 0.25) is 5.91 Å². The molecule has 79 heavy (non-hydrogen) atoms. The minimum absolute atomic E-state index is 0.326. The van der Waals surface area contributed by atoms with Gasteiger partial charge >= 0.3 is 0 Å². The van der Waals surface area contributed by atoms with Crippen molar-refractivity contribution in [2.24, 2.45) is 4.99 Å². The standard InChI is InChI=1S/C8H17N.C6H11NO.3C6H7N.C6H13N.C6H12O.C6H8O.2C5H8N2.C4H8N2/c1-3-8-6-5-7-9(8)4-2;1-2-7-5-3-4-6(7)8;1-6-2-4-7-5-3-6;1-6-3-2-4-7-5-6;1-6-4-2-3-5-7-6;1-2-7-5-3-4-6-7;2*1-2-6-4-3-5-7-6;1-2-5-3-6-4-7-5;1-2-7-4-3-6-5-7;1-4-5-2-3-6-4/h8H,3-7H2,1-2H3;2-5H2,1H3;3*2-5H,1H3;2-6H2,1H3;6H,2-5H2,1H3;3-5H,2H2,1H3;3-4H,2H2,1H3,(H,6,7);3-5H,2H2,1H3;2-3H2,1H3,(H,5,6). The average Bonchev–Trinajstić information content (AvgIpc) is 4.34. The summed E-state index contributed by atoms with van der Waals surface area (Å²) in [5.41, 5.74) is 4.74. The topological polar surface area (TPSA) is 159 Å². The summed E-state index contributed by atoms with van der Waals surface area (Å²) >= 11 is 0. The summed E-state index contributed by atoms with van der Waals surface area (Å²) < 4.78 is 12.3. The van der Waals surface area contributed by atoms with E-state index in [1.54, 1.807) is 49.9 Å². The van der Waals surface area contributed by atoms with Crippen molar-refractivity contribution < 1.29 is 13.9 Å². The second-order valence-corrected chi connectivity index (χ2v) is 19.3. The molecule has 6 aromatic rings. The Hall–Kier alpha value is -6.03. The van der Waals surface area contributed by atoms with Crippen molar-refractivity contribution in [1.29, 1.82) is 0 Å². The second kappa shape index (κ2) is 49.0. The van der Waals surface area contributed by atoms with E-state index in [0.717, 1.165) is 88.3 Å². The highest BCUT2D eigenvalue weighted by atomic mass is 16.5. The number of carbonyl (C=O) groups is 1. The smallest absolute Gasteiger partial charge is 0.222 e. The van der Waals surface area contributed by atoms with Crippen molar-refractivity contribution in [3.63, 3.8) is 0 Å². The van der Waals surface area contributed by atoms with Crippen LogP contribution in [0.15, 0.2) is 132 Å². The molecule has 0 radical (unpaired) electrons. The van der Waals surface area contributed by atoms with Crippen LogP contribution < -0.4 is 5.32 Å². The Morgan fingerprint density at radius 2 is 1.43 bits per heavy atom. The first kappa shape index (κ1) is 71.0. The minimum atomic E-state index is 0.326. The van der Waals surface area contributed by atoms with Crippen LogP contribution in [0.25, 0.3) is 0 Å². The lowest BCUT2D eigenvalue weighted by molar-refractivity contribution is -0.127. The van der Waals surface area contributed by atoms with Crippen molar-refractivity contribution in [2.45, 2.75) is 179 Å². The first-order chi connectivity index (χ1) is 38.5. The van der Waals surface area contributed by atoms with Gasteiger partial charge in [-0.25, -0.2) is 9.97 Å². The molecule has 0 spiro atoms. The molecule has 0 saturated carbocycles. The fourth-order valence-corrected chi connectivity index (χ4v) is 8.18. The van der Waals surface area contributed by atoms with E-state index >= 15 is 0 Å². The molecular formula is C64H106N12O3. The van der Waals surface area contributed by atoms with E-state index in [2.05, 4.69) is 98.5 Å². The second-order valence-electron chi connectivity index (χ2n) is 19.3. The van der Waals surface area contributed by atoms with Crippen LogP contribution in [0.5, 0.6) is 0 Å². The van der Waals surface area contributed by atoms with Crippen molar-refractivity contribution in [1.82, 2.24) is 54.5 Å². The first-order valence-electron chi connectivity index (χ1n) is 29.6. The van der Waals surface area contributed by atoms with Crippen molar-refractivity contribution in [3.05, 3.63) is 151 Å². The third-order valence-corrected chi connectivity index (χ3v) is 13.2. The number of nitrogens with zero attached hydrogens (tertiary/aromatic N) is 10. The number of aromatic amines is 1. The van der Waals surface area contributed by atoms with Gasteiger partial charge in [-0.1, -0.05) is 53.7 Å². The molecular weight excluding hydrogens is 985 g/mol. The number of carbonyl (C=O) groups excluding carboxylic acids is 1. The quantitative estimate of drug-likeness (QED) is 0.149. The number of ether oxygens (including phenoxy) is 1. The van der Waals surface area contributed by atoms with Crippen LogP contribution in [-0.2, 0) is 28.9 Å². The van der Waals surface area contributed by atoms with Crippen LogP contribution in [0.1, 0.15) is 155 Å². The van der Waals surface area contributed by atoms with Crippen molar-refractivity contribution in [3.8, 4) is 0 Å². The van der Waals surface area contributed by atoms with Gasteiger partial charge in [0.05, 0.1) is 37.4 Å². The Labute approximate surface area is 478 Å². The third kappa shape index (κ3) is 38.3. The molecule has 1 amide bonds. The molecule has 2 N–H and O–H groups in total. The highest BCUT2D eigenvalue weighted by Crippen LogP contribution is 2.18. The third-order valence-electron chi connectivity index (χ3n) is 13.2. The highest BCUT2D eigenvalue weighted by molar-refractivity contribution is 5.80. The Morgan fingerprint density at radius 3 is 1.72 bits per heavy atom. The van der Waals surface area contributed by atoms with E-state index in [0.29, 0.717) is 12.0 Å². The van der Waals surface area contributed by atoms with Gasteiger partial charge in [-0.05, 0) is 192 Å². The van der Waals surface area contributed by atoms with Crippen molar-refractivity contribution in [2.75, 3.05) is 65.5 Å². The van der Waals surface area contributed by atoms with Gasteiger partial charge in [0.15, 0.2) is 0 Å². The molecule has 6 aromatic heterocycles. The predicted molar refractivity (Wildman–Crippen MR) is 330 cm³/mol. The van der Waals surface area contributed by atoms with Crippen LogP contribution in [0.2, 0.25) is 0 Å². The molecule has 4 fully saturated rings. The highest BCUT2D eigenvalue weighted by Gasteiger charge is 2.20. The van der Waals surface area contributed by atoms with Gasteiger partial charge in [-0.3, -0.25) is 24.7 Å². The van der Waals surface area contributed by atoms with Crippen molar-refractivity contribution >= 4 is 11.7 Å². The number of rotatable bonds is 8. The number of pyridine rings is 3. The average molecular weight is 1090 g/mol. The zero-order valence-corrected chi connectivity index (χ0v) is 51.2. The van der Waals surface area contributed by atoms with E-state index in [9.17, 15) is 4.79 Å². The summed E-state index contributed by atoms with van der Waals surface area (Å²) in [6.07, 6.45) is 35.0. The lowest BCUT2D eigenvalue weighted by Crippen LogP contribution is -2.28. The SMILES string of the molecule is CC1=NCCN1.CCC1CCCN1CC.CCC1CCCO1.CCN1CCCC1.CCN1CCCC1=O.CCc1ccco1.CCc1cnc[nH]1.CCn1ccnc1.Cc1ccccn1.Cc1cccnc1.Cc1ccncc1. The summed E-state index contributed by atoms with van der Waals surface area (Å²) in [5, 5.41) is 3.07. The van der Waals surface area contributed by atoms with E-state index in [1.807, 2.05) is 117 Å². The van der Waals surface area contributed by atoms with Gasteiger partial charge in [0, 0.05) is 113 Å². The maximum atomic E-state index is 10.7. The number of hydrogen-bond acceptors (Lipinski definition) is 12. The zero-order chi connectivity index (χ0) is 58.0. The zero-order valence-electron chi connectivity index (χ0n) is 51.2. The molecule has 2 unspecified atom stereocenters. The Bertz CT molecular complexity index is 2000. The number of aromatic nitrogens is 7. The molecule has 15 heteroatoms. The predicted octanol–water partition coefficient (Wildman–Crippen LogP) is 13.1. The van der Waals surface area contributed by atoms with E-state index < -0.39 is 0 Å². The van der Waals surface area contributed by atoms with Crippen LogP contribution >= 0.6 is 0 Å². The molecule has 2 atom stereocenters. The fraction of sp³-hybridized carbons (Fsp3) is 0.578. The number of hydrogen-bond donors (Lipinski definition) is 2. The number of likely N-dealkylation sites (tertiary alicyclic amines) is 3. The Kier molecular flexibility index (Phi) is 44.1. The number of nitrogens with one attached hydrogen (secondary N) is 2. The summed E-state index contributed by atoms with van der Waals surface area (Å²) in [5.74, 6) is 2.46. The molecule has 4 saturated heterocycles. The molecule has 5 aliphatic heterocycles. The molecule has 0 bridgehead atoms. The van der Waals surface area contributed by atoms with Gasteiger partial charge in [-0.15, -0.1) is 0 Å². The molecule has 440 valence electrons. The number of amidine groups is 1. The normalized spacial score (nSPS) is 16.5. The van der Waals surface area contributed by atoms with E-state index in [4.69, 9.17) is 9.15 Å². The maximum absolute atomic E-state index is 10.7. The van der Waals surface area contributed by atoms with E-state index in [1.165, 1.54) is 101 Å². The summed E-state index contributed by atoms with van der Waals surface area (Å²) in [6, 6.07) is 18.5. The molecule has 0 aliphatic carbocycles. The summed E-state index contributed by atoms with van der Waals surface area (Å²) in [4.78, 5) is 44.1. The molecule has 15 nitrogen and oxygen atoms in total. The van der Waals surface area contributed by atoms with Crippen LogP contribution in [0.4, 0.5) is 0 Å². The van der Waals surface area contributed by atoms with Crippen LogP contribution in [0, 0.1) is 20.8 Å². The Morgan fingerprint density at radius 1 is 0.646 bits per heavy atom. The lowest BCUT2D eigenvalue weighted by Gasteiger charge is -2.20.